The first-order chi connectivity index (χ1) is 7.99. The number of nitrogens with one attached hydrogen (secondary N) is 2. The number of nitrogens with two attached hydrogens (primary N) is 1. The summed E-state index contributed by atoms with van der Waals surface area (Å²) in [5.41, 5.74) is 4.34. The number of urea groups is 1. The Hall–Kier alpha value is -1.18. The van der Waals surface area contributed by atoms with Gasteiger partial charge in [0.1, 0.15) is 0 Å². The third-order valence-corrected chi connectivity index (χ3v) is 2.91. The van der Waals surface area contributed by atoms with Crippen molar-refractivity contribution in [1.29, 1.82) is 0 Å². The lowest BCUT2D eigenvalue weighted by molar-refractivity contribution is -0.122. The molecule has 0 spiro atoms. The molecule has 7 nitrogen and oxygen atoms in total. The molecule has 3 amide bonds. The van der Waals surface area contributed by atoms with E-state index in [1.165, 1.54) is 0 Å². The van der Waals surface area contributed by atoms with Gasteiger partial charge in [-0.15, -0.1) is 0 Å². The van der Waals surface area contributed by atoms with Gasteiger partial charge in [-0.25, -0.2) is 4.79 Å². The highest BCUT2D eigenvalue weighted by molar-refractivity contribution is 5.96. The SMILES string of the molecule is CC(NC1(CO)CCOCC1)C(=O)NC(N)=O. The third-order valence-electron chi connectivity index (χ3n) is 2.91. The van der Waals surface area contributed by atoms with Crippen molar-refractivity contribution in [3.63, 3.8) is 0 Å². The van der Waals surface area contributed by atoms with E-state index in [4.69, 9.17) is 10.5 Å². The zero-order chi connectivity index (χ0) is 12.9. The maximum atomic E-state index is 11.5. The highest BCUT2D eigenvalue weighted by Gasteiger charge is 2.34. The van der Waals surface area contributed by atoms with Crippen LogP contribution in [0.2, 0.25) is 0 Å². The summed E-state index contributed by atoms with van der Waals surface area (Å²) in [7, 11) is 0. The van der Waals surface area contributed by atoms with E-state index < -0.39 is 23.5 Å². The monoisotopic (exact) mass is 245 g/mol. The molecule has 1 unspecified atom stereocenters. The van der Waals surface area contributed by atoms with Crippen LogP contribution in [0.3, 0.4) is 0 Å². The second kappa shape index (κ2) is 5.95. The quantitative estimate of drug-likeness (QED) is 0.491. The fourth-order valence-corrected chi connectivity index (χ4v) is 1.86. The second-order valence-electron chi connectivity index (χ2n) is 4.27. The van der Waals surface area contributed by atoms with Crippen molar-refractivity contribution in [2.75, 3.05) is 19.8 Å². The van der Waals surface area contributed by atoms with Gasteiger partial charge in [0.15, 0.2) is 0 Å². The van der Waals surface area contributed by atoms with Gasteiger partial charge in [0.2, 0.25) is 5.91 Å². The molecule has 0 aromatic rings. The molecule has 98 valence electrons. The van der Waals surface area contributed by atoms with Crippen molar-refractivity contribution >= 4 is 11.9 Å². The van der Waals surface area contributed by atoms with Gasteiger partial charge >= 0.3 is 6.03 Å². The van der Waals surface area contributed by atoms with Gasteiger partial charge in [-0.05, 0) is 19.8 Å². The molecular formula is C10H19N3O4. The van der Waals surface area contributed by atoms with Crippen molar-refractivity contribution in [3.8, 4) is 0 Å². The van der Waals surface area contributed by atoms with E-state index in [0.717, 1.165) is 0 Å². The van der Waals surface area contributed by atoms with Crippen LogP contribution in [0.25, 0.3) is 0 Å². The highest BCUT2D eigenvalue weighted by atomic mass is 16.5. The predicted molar refractivity (Wildman–Crippen MR) is 60.2 cm³/mol. The molecule has 5 N–H and O–H groups in total. The summed E-state index contributed by atoms with van der Waals surface area (Å²) in [4.78, 5) is 22.0. The van der Waals surface area contributed by atoms with Gasteiger partial charge in [-0.2, -0.15) is 0 Å². The number of rotatable bonds is 4. The van der Waals surface area contributed by atoms with Crippen molar-refractivity contribution in [2.45, 2.75) is 31.3 Å². The van der Waals surface area contributed by atoms with Crippen LogP contribution in [0.15, 0.2) is 0 Å². The van der Waals surface area contributed by atoms with E-state index in [0.29, 0.717) is 26.1 Å². The number of carbonyl (C=O) groups excluding carboxylic acids is 2. The molecule has 17 heavy (non-hydrogen) atoms. The van der Waals surface area contributed by atoms with Crippen LogP contribution >= 0.6 is 0 Å². The minimum absolute atomic E-state index is 0.0788. The van der Waals surface area contributed by atoms with Gasteiger partial charge in [0.25, 0.3) is 0 Å². The van der Waals surface area contributed by atoms with Crippen molar-refractivity contribution in [1.82, 2.24) is 10.6 Å². The van der Waals surface area contributed by atoms with E-state index >= 15 is 0 Å². The van der Waals surface area contributed by atoms with Crippen LogP contribution in [-0.4, -0.2) is 48.4 Å². The summed E-state index contributed by atoms with van der Waals surface area (Å²) in [6.45, 7) is 2.62. The minimum Gasteiger partial charge on any atom is -0.394 e. The Morgan fingerprint density at radius 2 is 2.06 bits per heavy atom. The Kier molecular flexibility index (Phi) is 4.86. The van der Waals surface area contributed by atoms with Gasteiger partial charge in [0, 0.05) is 18.8 Å². The average Bonchev–Trinajstić information content (AvgIpc) is 2.29. The first-order valence-corrected chi connectivity index (χ1v) is 5.56. The van der Waals surface area contributed by atoms with Crippen LogP contribution in [0.1, 0.15) is 19.8 Å². The number of hydrogen-bond acceptors (Lipinski definition) is 5. The Bertz CT molecular complexity index is 289. The van der Waals surface area contributed by atoms with Crippen LogP contribution in [0.4, 0.5) is 4.79 Å². The second-order valence-corrected chi connectivity index (χ2v) is 4.27. The van der Waals surface area contributed by atoms with Crippen molar-refractivity contribution in [2.24, 2.45) is 5.73 Å². The zero-order valence-corrected chi connectivity index (χ0v) is 9.86. The lowest BCUT2D eigenvalue weighted by Gasteiger charge is -2.38. The Morgan fingerprint density at radius 1 is 1.47 bits per heavy atom. The summed E-state index contributed by atoms with van der Waals surface area (Å²) in [5.74, 6) is -0.503. The molecule has 1 aliphatic heterocycles. The summed E-state index contributed by atoms with van der Waals surface area (Å²) >= 11 is 0. The van der Waals surface area contributed by atoms with Crippen LogP contribution in [0, 0.1) is 0 Å². The molecule has 7 heteroatoms. The van der Waals surface area contributed by atoms with E-state index in [1.54, 1.807) is 6.92 Å². The predicted octanol–water partition coefficient (Wildman–Crippen LogP) is -1.30. The number of imide groups is 1. The van der Waals surface area contributed by atoms with Gasteiger partial charge < -0.3 is 15.6 Å². The molecule has 0 radical (unpaired) electrons. The number of aliphatic hydroxyl groups is 1. The summed E-state index contributed by atoms with van der Waals surface area (Å²) < 4.78 is 5.21. The molecule has 1 saturated heterocycles. The molecule has 1 heterocycles. The Morgan fingerprint density at radius 3 is 2.53 bits per heavy atom. The molecule has 0 aromatic heterocycles. The number of carbonyl (C=O) groups is 2. The smallest absolute Gasteiger partial charge is 0.318 e. The first-order valence-electron chi connectivity index (χ1n) is 5.56. The standard InChI is InChI=1S/C10H19N3O4/c1-7(8(15)12-9(11)16)13-10(6-14)2-4-17-5-3-10/h7,13-14H,2-6H2,1H3,(H3,11,12,15,16). The van der Waals surface area contributed by atoms with Crippen LogP contribution < -0.4 is 16.4 Å². The summed E-state index contributed by atoms with van der Waals surface area (Å²) in [6, 6.07) is -1.48. The lowest BCUT2D eigenvalue weighted by Crippen LogP contribution is -2.59. The normalized spacial score (nSPS) is 20.6. The van der Waals surface area contributed by atoms with E-state index in [-0.39, 0.29) is 6.61 Å². The molecule has 0 aromatic carbocycles. The highest BCUT2D eigenvalue weighted by Crippen LogP contribution is 2.20. The molecule has 1 rings (SSSR count). The van der Waals surface area contributed by atoms with E-state index in [9.17, 15) is 14.7 Å². The van der Waals surface area contributed by atoms with Crippen molar-refractivity contribution in [3.05, 3.63) is 0 Å². The minimum atomic E-state index is -0.881. The number of amides is 3. The maximum absolute atomic E-state index is 11.5. The molecule has 0 aliphatic carbocycles. The average molecular weight is 245 g/mol. The molecular weight excluding hydrogens is 226 g/mol. The number of ether oxygens (including phenoxy) is 1. The number of aliphatic hydroxyl groups excluding tert-OH is 1. The first kappa shape index (κ1) is 13.9. The third kappa shape index (κ3) is 3.95. The fourth-order valence-electron chi connectivity index (χ4n) is 1.86. The largest absolute Gasteiger partial charge is 0.394 e. The molecule has 0 saturated carbocycles. The topological polar surface area (TPSA) is 114 Å². The molecule has 0 bridgehead atoms. The number of primary amides is 1. The Balaban J connectivity index is 2.55. The number of hydrogen-bond donors (Lipinski definition) is 4. The lowest BCUT2D eigenvalue weighted by atomic mass is 9.90. The zero-order valence-electron chi connectivity index (χ0n) is 9.86. The van der Waals surface area contributed by atoms with Gasteiger partial charge in [-0.3, -0.25) is 15.4 Å². The molecule has 1 fully saturated rings. The molecule has 1 aliphatic rings. The van der Waals surface area contributed by atoms with Gasteiger partial charge in [0.05, 0.1) is 12.6 Å². The Labute approximate surface area is 99.7 Å². The maximum Gasteiger partial charge on any atom is 0.318 e. The van der Waals surface area contributed by atoms with Gasteiger partial charge in [-0.1, -0.05) is 0 Å². The molecule has 1 atom stereocenters. The summed E-state index contributed by atoms with van der Waals surface area (Å²) in [5, 5.41) is 14.4. The van der Waals surface area contributed by atoms with E-state index in [2.05, 4.69) is 5.32 Å². The van der Waals surface area contributed by atoms with Crippen molar-refractivity contribution < 1.29 is 19.4 Å². The van der Waals surface area contributed by atoms with E-state index in [1.807, 2.05) is 5.32 Å². The fraction of sp³-hybridized carbons (Fsp3) is 0.800. The van der Waals surface area contributed by atoms with Crippen LogP contribution in [-0.2, 0) is 9.53 Å². The summed E-state index contributed by atoms with van der Waals surface area (Å²) in [6.07, 6.45) is 1.25. The van der Waals surface area contributed by atoms with Crippen LogP contribution in [0.5, 0.6) is 0 Å².